The molecule has 1 atom stereocenters. The van der Waals surface area contributed by atoms with Crippen LogP contribution in [0.1, 0.15) is 25.8 Å². The summed E-state index contributed by atoms with van der Waals surface area (Å²) in [6, 6.07) is 4.67. The maximum atomic E-state index is 13.8. The zero-order chi connectivity index (χ0) is 14.3. The monoisotopic (exact) mass is 268 g/mol. The summed E-state index contributed by atoms with van der Waals surface area (Å²) in [5, 5.41) is 2.70. The van der Waals surface area contributed by atoms with Gasteiger partial charge in [0.25, 0.3) is 5.91 Å². The van der Waals surface area contributed by atoms with Crippen LogP contribution in [-0.2, 0) is 11.2 Å². The van der Waals surface area contributed by atoms with Crippen molar-refractivity contribution in [3.8, 4) is 5.75 Å². The fourth-order valence-corrected chi connectivity index (χ4v) is 1.60. The van der Waals surface area contributed by atoms with Crippen LogP contribution in [-0.4, -0.2) is 25.1 Å². The molecular weight excluding hydrogens is 247 g/mol. The molecule has 5 heteroatoms. The van der Waals surface area contributed by atoms with Crippen LogP contribution in [0, 0.1) is 5.82 Å². The van der Waals surface area contributed by atoms with Gasteiger partial charge in [-0.15, -0.1) is 0 Å². The molecule has 3 N–H and O–H groups in total. The first-order valence-corrected chi connectivity index (χ1v) is 6.51. The third-order valence-corrected chi connectivity index (χ3v) is 2.65. The SMILES string of the molecule is CCCNC(=O)C(C)Oc1ccc(CCN)cc1F. The minimum absolute atomic E-state index is 0.0833. The highest BCUT2D eigenvalue weighted by Crippen LogP contribution is 2.19. The minimum Gasteiger partial charge on any atom is -0.478 e. The van der Waals surface area contributed by atoms with Crippen LogP contribution in [0.3, 0.4) is 0 Å². The van der Waals surface area contributed by atoms with Gasteiger partial charge in [0.15, 0.2) is 17.7 Å². The van der Waals surface area contributed by atoms with E-state index in [4.69, 9.17) is 10.5 Å². The molecule has 19 heavy (non-hydrogen) atoms. The molecule has 0 aliphatic carbocycles. The molecule has 0 saturated heterocycles. The molecule has 4 nitrogen and oxygen atoms in total. The van der Waals surface area contributed by atoms with E-state index in [2.05, 4.69) is 5.32 Å². The fraction of sp³-hybridized carbons (Fsp3) is 0.500. The molecule has 0 saturated carbocycles. The van der Waals surface area contributed by atoms with E-state index >= 15 is 0 Å². The average Bonchev–Trinajstić information content (AvgIpc) is 2.39. The second-order valence-corrected chi connectivity index (χ2v) is 4.35. The zero-order valence-electron chi connectivity index (χ0n) is 11.4. The number of ether oxygens (including phenoxy) is 1. The van der Waals surface area contributed by atoms with Gasteiger partial charge in [-0.25, -0.2) is 4.39 Å². The van der Waals surface area contributed by atoms with Crippen LogP contribution in [0.2, 0.25) is 0 Å². The smallest absolute Gasteiger partial charge is 0.260 e. The molecule has 0 bridgehead atoms. The van der Waals surface area contributed by atoms with Crippen LogP contribution in [0.15, 0.2) is 18.2 Å². The van der Waals surface area contributed by atoms with Crippen molar-refractivity contribution in [2.75, 3.05) is 13.1 Å². The van der Waals surface area contributed by atoms with E-state index in [9.17, 15) is 9.18 Å². The predicted octanol–water partition coefficient (Wildman–Crippen LogP) is 1.62. The number of hydrogen-bond acceptors (Lipinski definition) is 3. The summed E-state index contributed by atoms with van der Waals surface area (Å²) in [6.45, 7) is 4.61. The number of hydrogen-bond donors (Lipinski definition) is 2. The Kier molecular flexibility index (Phi) is 6.29. The topological polar surface area (TPSA) is 64.3 Å². The molecule has 0 aliphatic heterocycles. The summed E-state index contributed by atoms with van der Waals surface area (Å²) in [5.74, 6) is -0.631. The second-order valence-electron chi connectivity index (χ2n) is 4.35. The van der Waals surface area contributed by atoms with Crippen molar-refractivity contribution in [2.24, 2.45) is 5.73 Å². The Balaban J connectivity index is 2.63. The van der Waals surface area contributed by atoms with Crippen molar-refractivity contribution >= 4 is 5.91 Å². The van der Waals surface area contributed by atoms with Crippen molar-refractivity contribution in [2.45, 2.75) is 32.8 Å². The van der Waals surface area contributed by atoms with E-state index in [1.165, 1.54) is 12.1 Å². The van der Waals surface area contributed by atoms with Gasteiger partial charge in [0.1, 0.15) is 0 Å². The Morgan fingerprint density at radius 3 is 2.84 bits per heavy atom. The first kappa shape index (κ1) is 15.4. The summed E-state index contributed by atoms with van der Waals surface area (Å²) in [6.07, 6.45) is 0.742. The van der Waals surface area contributed by atoms with Crippen molar-refractivity contribution in [3.63, 3.8) is 0 Å². The Morgan fingerprint density at radius 1 is 1.53 bits per heavy atom. The van der Waals surface area contributed by atoms with Gasteiger partial charge in [-0.3, -0.25) is 4.79 Å². The Morgan fingerprint density at radius 2 is 2.26 bits per heavy atom. The summed E-state index contributed by atoms with van der Waals surface area (Å²) in [7, 11) is 0. The predicted molar refractivity (Wildman–Crippen MR) is 72.5 cm³/mol. The van der Waals surface area contributed by atoms with Crippen LogP contribution in [0.5, 0.6) is 5.75 Å². The molecule has 106 valence electrons. The average molecular weight is 268 g/mol. The van der Waals surface area contributed by atoms with Crippen molar-refractivity contribution in [1.29, 1.82) is 0 Å². The van der Waals surface area contributed by atoms with E-state index in [0.717, 1.165) is 12.0 Å². The Bertz CT molecular complexity index is 424. The number of carbonyl (C=O) groups is 1. The molecule has 1 aromatic carbocycles. The molecule has 1 amide bonds. The van der Waals surface area contributed by atoms with Gasteiger partial charge in [0, 0.05) is 6.54 Å². The fourth-order valence-electron chi connectivity index (χ4n) is 1.60. The number of amides is 1. The van der Waals surface area contributed by atoms with Gasteiger partial charge in [0.05, 0.1) is 0 Å². The van der Waals surface area contributed by atoms with E-state index in [1.54, 1.807) is 13.0 Å². The maximum Gasteiger partial charge on any atom is 0.260 e. The lowest BCUT2D eigenvalue weighted by Gasteiger charge is -2.15. The molecule has 1 aromatic rings. The number of nitrogens with one attached hydrogen (secondary N) is 1. The van der Waals surface area contributed by atoms with Gasteiger partial charge >= 0.3 is 0 Å². The quantitative estimate of drug-likeness (QED) is 0.790. The van der Waals surface area contributed by atoms with Gasteiger partial charge < -0.3 is 15.8 Å². The molecule has 1 rings (SSSR count). The summed E-state index contributed by atoms with van der Waals surface area (Å²) in [5.41, 5.74) is 6.22. The number of nitrogens with two attached hydrogens (primary N) is 1. The minimum atomic E-state index is -0.721. The summed E-state index contributed by atoms with van der Waals surface area (Å²) >= 11 is 0. The Hall–Kier alpha value is -1.62. The highest BCUT2D eigenvalue weighted by molar-refractivity contribution is 5.80. The van der Waals surface area contributed by atoms with Crippen LogP contribution < -0.4 is 15.8 Å². The van der Waals surface area contributed by atoms with Gasteiger partial charge in [-0.2, -0.15) is 0 Å². The summed E-state index contributed by atoms with van der Waals surface area (Å²) in [4.78, 5) is 11.6. The lowest BCUT2D eigenvalue weighted by atomic mass is 10.1. The van der Waals surface area contributed by atoms with Gasteiger partial charge in [0.2, 0.25) is 0 Å². The molecule has 0 heterocycles. The van der Waals surface area contributed by atoms with Gasteiger partial charge in [-0.05, 0) is 44.0 Å². The van der Waals surface area contributed by atoms with Crippen molar-refractivity contribution < 1.29 is 13.9 Å². The van der Waals surface area contributed by atoms with E-state index < -0.39 is 11.9 Å². The molecular formula is C14H21FN2O2. The zero-order valence-corrected chi connectivity index (χ0v) is 11.4. The third-order valence-electron chi connectivity index (χ3n) is 2.65. The molecule has 0 aliphatic rings. The highest BCUT2D eigenvalue weighted by atomic mass is 19.1. The molecule has 0 spiro atoms. The van der Waals surface area contributed by atoms with Crippen molar-refractivity contribution in [3.05, 3.63) is 29.6 Å². The molecule has 0 radical (unpaired) electrons. The number of halogens is 1. The number of carbonyl (C=O) groups excluding carboxylic acids is 1. The van der Waals surface area contributed by atoms with E-state index in [1.807, 2.05) is 6.92 Å². The Labute approximate surface area is 113 Å². The van der Waals surface area contributed by atoms with Crippen molar-refractivity contribution in [1.82, 2.24) is 5.32 Å². The van der Waals surface area contributed by atoms with Crippen LogP contribution in [0.4, 0.5) is 4.39 Å². The first-order chi connectivity index (χ1) is 9.08. The van der Waals surface area contributed by atoms with E-state index in [0.29, 0.717) is 19.5 Å². The van der Waals surface area contributed by atoms with E-state index in [-0.39, 0.29) is 11.7 Å². The highest BCUT2D eigenvalue weighted by Gasteiger charge is 2.16. The molecule has 0 fully saturated rings. The van der Waals surface area contributed by atoms with Crippen LogP contribution >= 0.6 is 0 Å². The first-order valence-electron chi connectivity index (χ1n) is 6.51. The number of rotatable bonds is 7. The molecule has 0 aromatic heterocycles. The maximum absolute atomic E-state index is 13.8. The third kappa shape index (κ3) is 4.87. The molecule has 1 unspecified atom stereocenters. The van der Waals surface area contributed by atoms with Crippen LogP contribution in [0.25, 0.3) is 0 Å². The second kappa shape index (κ2) is 7.74. The lowest BCUT2D eigenvalue weighted by molar-refractivity contribution is -0.127. The normalized spacial score (nSPS) is 12.0. The largest absolute Gasteiger partial charge is 0.478 e. The lowest BCUT2D eigenvalue weighted by Crippen LogP contribution is -2.36. The number of benzene rings is 1. The van der Waals surface area contributed by atoms with Gasteiger partial charge in [-0.1, -0.05) is 13.0 Å². The summed E-state index contributed by atoms with van der Waals surface area (Å²) < 4.78 is 19.1. The standard InChI is InChI=1S/C14H21FN2O2/c1-3-8-17-14(18)10(2)19-13-5-4-11(6-7-16)9-12(13)15/h4-5,9-10H,3,6-8,16H2,1-2H3,(H,17,18).